The zero-order valence-corrected chi connectivity index (χ0v) is 13.9. The number of fused-ring (bicyclic) bond motifs is 1. The van der Waals surface area contributed by atoms with Crippen LogP contribution in [0.2, 0.25) is 0 Å². The van der Waals surface area contributed by atoms with Gasteiger partial charge in [0.15, 0.2) is 0 Å². The summed E-state index contributed by atoms with van der Waals surface area (Å²) in [5, 5.41) is 6.39. The highest BCUT2D eigenvalue weighted by Crippen LogP contribution is 2.19. The van der Waals surface area contributed by atoms with Crippen molar-refractivity contribution in [3.8, 4) is 0 Å². The summed E-state index contributed by atoms with van der Waals surface area (Å²) in [6.07, 6.45) is 1.61. The van der Waals surface area contributed by atoms with Gasteiger partial charge in [0.25, 0.3) is 0 Å². The molecule has 0 aliphatic carbocycles. The minimum absolute atomic E-state index is 0.247. The molecule has 0 saturated heterocycles. The standard InChI is InChI=1S/C17H23N3O4/c1-3-24-17(22)20-15(16(21)18-8-9-23-2)10-12-11-19-14-7-5-4-6-13(12)14/h4-7,11,15,19H,3,8-10H2,1-2H3,(H,18,21)(H,20,22)/t15-/m1/s1. The predicted molar refractivity (Wildman–Crippen MR) is 90.8 cm³/mol. The molecule has 7 heteroatoms. The predicted octanol–water partition coefficient (Wildman–Crippen LogP) is 1.59. The molecule has 0 bridgehead atoms. The van der Waals surface area contributed by atoms with E-state index in [1.807, 2.05) is 30.5 Å². The van der Waals surface area contributed by atoms with Gasteiger partial charge in [0.1, 0.15) is 6.04 Å². The lowest BCUT2D eigenvalue weighted by atomic mass is 10.0. The number of amides is 2. The number of aromatic amines is 1. The second kappa shape index (κ2) is 8.93. The highest BCUT2D eigenvalue weighted by atomic mass is 16.5. The Kier molecular flexibility index (Phi) is 6.62. The molecule has 3 N–H and O–H groups in total. The zero-order chi connectivity index (χ0) is 17.4. The number of carbonyl (C=O) groups is 2. The normalized spacial score (nSPS) is 11.9. The fourth-order valence-electron chi connectivity index (χ4n) is 2.44. The van der Waals surface area contributed by atoms with Crippen LogP contribution in [0, 0.1) is 0 Å². The maximum Gasteiger partial charge on any atom is 0.407 e. The molecule has 1 aromatic carbocycles. The van der Waals surface area contributed by atoms with Gasteiger partial charge < -0.3 is 25.1 Å². The summed E-state index contributed by atoms with van der Waals surface area (Å²) in [7, 11) is 1.56. The van der Waals surface area contributed by atoms with Gasteiger partial charge in [-0.2, -0.15) is 0 Å². The molecule has 1 heterocycles. The number of rotatable bonds is 8. The van der Waals surface area contributed by atoms with E-state index in [0.717, 1.165) is 16.5 Å². The third-order valence-electron chi connectivity index (χ3n) is 3.59. The van der Waals surface area contributed by atoms with Crippen LogP contribution in [-0.4, -0.2) is 49.9 Å². The summed E-state index contributed by atoms with van der Waals surface area (Å²) >= 11 is 0. The molecule has 0 fully saturated rings. The van der Waals surface area contributed by atoms with Gasteiger partial charge in [-0.3, -0.25) is 4.79 Å². The van der Waals surface area contributed by atoms with E-state index >= 15 is 0 Å². The number of hydrogen-bond donors (Lipinski definition) is 3. The van der Waals surface area contributed by atoms with Crippen LogP contribution in [0.5, 0.6) is 0 Å². The Bertz CT molecular complexity index is 683. The molecule has 7 nitrogen and oxygen atoms in total. The Morgan fingerprint density at radius 3 is 2.83 bits per heavy atom. The van der Waals surface area contributed by atoms with E-state index in [1.165, 1.54) is 0 Å². The van der Waals surface area contributed by atoms with Crippen LogP contribution in [-0.2, 0) is 20.7 Å². The summed E-state index contributed by atoms with van der Waals surface area (Å²) in [4.78, 5) is 27.3. The molecule has 0 aliphatic heterocycles. The van der Waals surface area contributed by atoms with E-state index in [0.29, 0.717) is 19.6 Å². The van der Waals surface area contributed by atoms with Gasteiger partial charge >= 0.3 is 6.09 Å². The molecular weight excluding hydrogens is 310 g/mol. The van der Waals surface area contributed by atoms with Crippen LogP contribution in [0.15, 0.2) is 30.5 Å². The number of methoxy groups -OCH3 is 1. The first kappa shape index (κ1) is 17.8. The second-order valence-corrected chi connectivity index (χ2v) is 5.26. The first-order chi connectivity index (χ1) is 11.7. The first-order valence-corrected chi connectivity index (χ1v) is 7.90. The van der Waals surface area contributed by atoms with E-state index in [-0.39, 0.29) is 12.5 Å². The van der Waals surface area contributed by atoms with Crippen LogP contribution in [0.25, 0.3) is 10.9 Å². The van der Waals surface area contributed by atoms with Crippen molar-refractivity contribution in [2.24, 2.45) is 0 Å². The lowest BCUT2D eigenvalue weighted by Crippen LogP contribution is -2.48. The second-order valence-electron chi connectivity index (χ2n) is 5.26. The number of ether oxygens (including phenoxy) is 2. The molecule has 0 radical (unpaired) electrons. The Morgan fingerprint density at radius 2 is 2.08 bits per heavy atom. The summed E-state index contributed by atoms with van der Waals surface area (Å²) < 4.78 is 9.82. The molecule has 2 rings (SSSR count). The summed E-state index contributed by atoms with van der Waals surface area (Å²) in [6.45, 7) is 2.75. The summed E-state index contributed by atoms with van der Waals surface area (Å²) in [5.41, 5.74) is 1.94. The maximum absolute atomic E-state index is 12.4. The van der Waals surface area contributed by atoms with Crippen LogP contribution >= 0.6 is 0 Å². The highest BCUT2D eigenvalue weighted by molar-refractivity contribution is 5.88. The average Bonchev–Trinajstić information content (AvgIpc) is 2.98. The Morgan fingerprint density at radius 1 is 1.29 bits per heavy atom. The van der Waals surface area contributed by atoms with E-state index < -0.39 is 12.1 Å². The van der Waals surface area contributed by atoms with Gasteiger partial charge in [-0.25, -0.2) is 4.79 Å². The largest absolute Gasteiger partial charge is 0.450 e. The Labute approximate surface area is 140 Å². The van der Waals surface area contributed by atoms with Gasteiger partial charge in [0, 0.05) is 37.2 Å². The fourth-order valence-corrected chi connectivity index (χ4v) is 2.44. The molecule has 1 aromatic heterocycles. The zero-order valence-electron chi connectivity index (χ0n) is 13.9. The fraction of sp³-hybridized carbons (Fsp3) is 0.412. The van der Waals surface area contributed by atoms with Crippen molar-refractivity contribution in [1.82, 2.24) is 15.6 Å². The van der Waals surface area contributed by atoms with E-state index in [2.05, 4.69) is 15.6 Å². The van der Waals surface area contributed by atoms with Gasteiger partial charge in [0.2, 0.25) is 5.91 Å². The van der Waals surface area contributed by atoms with Crippen molar-refractivity contribution in [3.63, 3.8) is 0 Å². The smallest absolute Gasteiger partial charge is 0.407 e. The molecule has 2 amide bonds. The van der Waals surface area contributed by atoms with Crippen LogP contribution in [0.4, 0.5) is 4.79 Å². The molecule has 0 aliphatic rings. The maximum atomic E-state index is 12.4. The first-order valence-electron chi connectivity index (χ1n) is 7.90. The average molecular weight is 333 g/mol. The molecular formula is C17H23N3O4. The van der Waals surface area contributed by atoms with Crippen molar-refractivity contribution < 1.29 is 19.1 Å². The minimum Gasteiger partial charge on any atom is -0.450 e. The van der Waals surface area contributed by atoms with Gasteiger partial charge in [-0.15, -0.1) is 0 Å². The van der Waals surface area contributed by atoms with Crippen LogP contribution < -0.4 is 10.6 Å². The van der Waals surface area contributed by atoms with Crippen molar-refractivity contribution in [2.75, 3.05) is 26.9 Å². The van der Waals surface area contributed by atoms with Crippen LogP contribution in [0.1, 0.15) is 12.5 Å². The molecule has 0 unspecified atom stereocenters. The highest BCUT2D eigenvalue weighted by Gasteiger charge is 2.22. The molecule has 24 heavy (non-hydrogen) atoms. The molecule has 0 spiro atoms. The van der Waals surface area contributed by atoms with E-state index in [1.54, 1.807) is 14.0 Å². The summed E-state index contributed by atoms with van der Waals surface area (Å²) in [5.74, 6) is -0.273. The van der Waals surface area contributed by atoms with E-state index in [9.17, 15) is 9.59 Å². The number of alkyl carbamates (subject to hydrolysis) is 1. The number of benzene rings is 1. The van der Waals surface area contributed by atoms with E-state index in [4.69, 9.17) is 9.47 Å². The minimum atomic E-state index is -0.722. The monoisotopic (exact) mass is 333 g/mol. The molecule has 1 atom stereocenters. The quantitative estimate of drug-likeness (QED) is 0.640. The third-order valence-corrected chi connectivity index (χ3v) is 3.59. The number of hydrogen-bond acceptors (Lipinski definition) is 4. The van der Waals surface area contributed by atoms with Crippen molar-refractivity contribution >= 4 is 22.9 Å². The van der Waals surface area contributed by atoms with Crippen molar-refractivity contribution in [2.45, 2.75) is 19.4 Å². The molecule has 2 aromatic rings. The SMILES string of the molecule is CCOC(=O)N[C@H](Cc1c[nH]c2ccccc12)C(=O)NCCOC. The topological polar surface area (TPSA) is 92.5 Å². The Hall–Kier alpha value is -2.54. The number of H-pyrrole nitrogens is 1. The Balaban J connectivity index is 2.12. The van der Waals surface area contributed by atoms with Crippen molar-refractivity contribution in [1.29, 1.82) is 0 Å². The van der Waals surface area contributed by atoms with Crippen LogP contribution in [0.3, 0.4) is 0 Å². The number of aromatic nitrogens is 1. The third kappa shape index (κ3) is 4.73. The lowest BCUT2D eigenvalue weighted by Gasteiger charge is -2.18. The number of nitrogens with one attached hydrogen (secondary N) is 3. The lowest BCUT2D eigenvalue weighted by molar-refractivity contribution is -0.123. The van der Waals surface area contributed by atoms with Gasteiger partial charge in [-0.05, 0) is 18.6 Å². The summed E-state index contributed by atoms with van der Waals surface area (Å²) in [6, 6.07) is 7.09. The van der Waals surface area contributed by atoms with Gasteiger partial charge in [-0.1, -0.05) is 18.2 Å². The molecule has 130 valence electrons. The van der Waals surface area contributed by atoms with Crippen molar-refractivity contribution in [3.05, 3.63) is 36.0 Å². The number of para-hydroxylation sites is 1. The number of carbonyl (C=O) groups excluding carboxylic acids is 2. The van der Waals surface area contributed by atoms with Gasteiger partial charge in [0.05, 0.1) is 13.2 Å². The molecule has 0 saturated carbocycles.